The number of aromatic nitrogens is 1. The van der Waals surface area contributed by atoms with E-state index < -0.39 is 11.7 Å². The van der Waals surface area contributed by atoms with Crippen molar-refractivity contribution in [1.29, 1.82) is 0 Å². The van der Waals surface area contributed by atoms with Crippen molar-refractivity contribution in [2.45, 2.75) is 46.1 Å². The molecule has 31 heavy (non-hydrogen) atoms. The lowest BCUT2D eigenvalue weighted by molar-refractivity contribution is 0.0500. The highest BCUT2D eigenvalue weighted by molar-refractivity contribution is 7.13. The number of thiazole rings is 1. The molecule has 8 heteroatoms. The third-order valence-corrected chi connectivity index (χ3v) is 5.86. The molecule has 1 aromatic heterocycles. The van der Waals surface area contributed by atoms with E-state index in [2.05, 4.69) is 10.3 Å². The normalized spacial score (nSPS) is 14.9. The van der Waals surface area contributed by atoms with Crippen LogP contribution < -0.4 is 10.1 Å². The Morgan fingerprint density at radius 1 is 1.19 bits per heavy atom. The summed E-state index contributed by atoms with van der Waals surface area (Å²) in [4.78, 5) is 31.1. The van der Waals surface area contributed by atoms with Gasteiger partial charge in [0.1, 0.15) is 22.1 Å². The van der Waals surface area contributed by atoms with Gasteiger partial charge in [-0.25, -0.2) is 9.78 Å². The first-order valence-electron chi connectivity index (χ1n) is 10.7. The van der Waals surface area contributed by atoms with Gasteiger partial charge in [-0.15, -0.1) is 11.3 Å². The molecule has 1 aliphatic heterocycles. The Bertz CT molecular complexity index is 881. The number of alkyl carbamates (subject to hydrolysis) is 1. The molecule has 0 spiro atoms. The minimum absolute atomic E-state index is 0.0352. The Labute approximate surface area is 187 Å². The smallest absolute Gasteiger partial charge is 0.407 e. The van der Waals surface area contributed by atoms with E-state index in [4.69, 9.17) is 9.47 Å². The monoisotopic (exact) mass is 445 g/mol. The van der Waals surface area contributed by atoms with Crippen molar-refractivity contribution >= 4 is 23.3 Å². The van der Waals surface area contributed by atoms with E-state index in [1.807, 2.05) is 62.2 Å². The molecule has 7 nitrogen and oxygen atoms in total. The zero-order valence-electron chi connectivity index (χ0n) is 18.6. The molecule has 1 aliphatic rings. The summed E-state index contributed by atoms with van der Waals surface area (Å²) in [5.41, 5.74) is 0.955. The molecule has 1 saturated heterocycles. The number of carbonyl (C=O) groups is 2. The zero-order chi connectivity index (χ0) is 22.4. The van der Waals surface area contributed by atoms with E-state index in [9.17, 15) is 9.59 Å². The average Bonchev–Trinajstić information content (AvgIpc) is 3.22. The lowest BCUT2D eigenvalue weighted by Crippen LogP contribution is -2.42. The highest BCUT2D eigenvalue weighted by Crippen LogP contribution is 2.27. The molecular weight excluding hydrogens is 414 g/mol. The number of nitrogens with one attached hydrogen (secondary N) is 1. The van der Waals surface area contributed by atoms with Crippen molar-refractivity contribution < 1.29 is 19.1 Å². The molecule has 0 saturated carbocycles. The fraction of sp³-hybridized carbons (Fsp3) is 0.522. The van der Waals surface area contributed by atoms with Crippen LogP contribution in [-0.2, 0) is 4.74 Å². The van der Waals surface area contributed by atoms with Crippen LogP contribution in [0, 0.1) is 5.92 Å². The molecule has 3 rings (SSSR count). The number of piperidine rings is 1. The molecule has 0 unspecified atom stereocenters. The Hall–Kier alpha value is -2.61. The first kappa shape index (κ1) is 23.1. The second-order valence-electron chi connectivity index (χ2n) is 8.61. The number of hydrogen-bond donors (Lipinski definition) is 1. The number of likely N-dealkylation sites (tertiary alicyclic amines) is 1. The Kier molecular flexibility index (Phi) is 7.54. The van der Waals surface area contributed by atoms with Crippen molar-refractivity contribution in [2.24, 2.45) is 5.92 Å². The molecule has 0 aliphatic carbocycles. The quantitative estimate of drug-likeness (QED) is 0.704. The maximum Gasteiger partial charge on any atom is 0.407 e. The maximum absolute atomic E-state index is 12.9. The Balaban J connectivity index is 1.49. The average molecular weight is 446 g/mol. The molecular formula is C23H31N3O4S. The SMILES string of the molecule is CCOc1ccc(-c2nc(C(=O)N3CCC(CNC(=O)OC(C)(C)C)CC3)cs2)cc1. The van der Waals surface area contributed by atoms with Gasteiger partial charge in [-0.1, -0.05) is 0 Å². The number of ether oxygens (including phenoxy) is 2. The summed E-state index contributed by atoms with van der Waals surface area (Å²) >= 11 is 1.47. The molecule has 2 aromatic rings. The van der Waals surface area contributed by atoms with E-state index in [1.54, 1.807) is 0 Å². The summed E-state index contributed by atoms with van der Waals surface area (Å²) < 4.78 is 10.7. The Morgan fingerprint density at radius 3 is 2.48 bits per heavy atom. The first-order valence-corrected chi connectivity index (χ1v) is 11.6. The summed E-state index contributed by atoms with van der Waals surface area (Å²) in [5, 5.41) is 5.48. The Morgan fingerprint density at radius 2 is 1.87 bits per heavy atom. The minimum atomic E-state index is -0.502. The number of amides is 2. The minimum Gasteiger partial charge on any atom is -0.494 e. The second-order valence-corrected chi connectivity index (χ2v) is 9.47. The van der Waals surface area contributed by atoms with Gasteiger partial charge in [0.2, 0.25) is 0 Å². The lowest BCUT2D eigenvalue weighted by Gasteiger charge is -2.31. The van der Waals surface area contributed by atoms with Gasteiger partial charge >= 0.3 is 6.09 Å². The molecule has 1 N–H and O–H groups in total. The zero-order valence-corrected chi connectivity index (χ0v) is 19.5. The van der Waals surface area contributed by atoms with Crippen molar-refractivity contribution in [3.8, 4) is 16.3 Å². The van der Waals surface area contributed by atoms with E-state index in [1.165, 1.54) is 11.3 Å². The summed E-state index contributed by atoms with van der Waals surface area (Å²) in [6.45, 7) is 10.00. The summed E-state index contributed by atoms with van der Waals surface area (Å²) in [7, 11) is 0. The summed E-state index contributed by atoms with van der Waals surface area (Å²) in [6.07, 6.45) is 1.30. The highest BCUT2D eigenvalue weighted by atomic mass is 32.1. The number of nitrogens with zero attached hydrogens (tertiary/aromatic N) is 2. The molecule has 2 amide bonds. The van der Waals surface area contributed by atoms with Crippen LogP contribution in [0.25, 0.3) is 10.6 Å². The third kappa shape index (κ3) is 6.69. The van der Waals surface area contributed by atoms with Crippen LogP contribution in [0.3, 0.4) is 0 Å². The van der Waals surface area contributed by atoms with Gasteiger partial charge in [0, 0.05) is 30.6 Å². The predicted molar refractivity (Wildman–Crippen MR) is 122 cm³/mol. The van der Waals surface area contributed by atoms with Crippen LogP contribution >= 0.6 is 11.3 Å². The molecule has 1 aromatic carbocycles. The summed E-state index contributed by atoms with van der Waals surface area (Å²) in [5.74, 6) is 1.13. The van der Waals surface area contributed by atoms with Gasteiger partial charge in [0.05, 0.1) is 6.61 Å². The van der Waals surface area contributed by atoms with E-state index >= 15 is 0 Å². The molecule has 0 bridgehead atoms. The molecule has 1 fully saturated rings. The van der Waals surface area contributed by atoms with Crippen molar-refractivity contribution in [3.63, 3.8) is 0 Å². The van der Waals surface area contributed by atoms with E-state index in [0.29, 0.717) is 37.9 Å². The largest absolute Gasteiger partial charge is 0.494 e. The maximum atomic E-state index is 12.9. The van der Waals surface area contributed by atoms with Gasteiger partial charge in [0.15, 0.2) is 0 Å². The number of carbonyl (C=O) groups excluding carboxylic acids is 2. The van der Waals surface area contributed by atoms with Crippen LogP contribution in [0.4, 0.5) is 4.79 Å². The highest BCUT2D eigenvalue weighted by Gasteiger charge is 2.26. The van der Waals surface area contributed by atoms with Crippen molar-refractivity contribution in [1.82, 2.24) is 15.2 Å². The number of hydrogen-bond acceptors (Lipinski definition) is 6. The molecule has 2 heterocycles. The fourth-order valence-electron chi connectivity index (χ4n) is 3.41. The van der Waals surface area contributed by atoms with Gasteiger partial charge in [0.25, 0.3) is 5.91 Å². The van der Waals surface area contributed by atoms with Crippen molar-refractivity contribution in [3.05, 3.63) is 35.3 Å². The van der Waals surface area contributed by atoms with Gasteiger partial charge < -0.3 is 19.7 Å². The van der Waals surface area contributed by atoms with Gasteiger partial charge in [-0.05, 0) is 70.7 Å². The number of benzene rings is 1. The van der Waals surface area contributed by atoms with Crippen LogP contribution in [-0.4, -0.2) is 53.7 Å². The van der Waals surface area contributed by atoms with E-state index in [-0.39, 0.29) is 5.91 Å². The molecule has 0 radical (unpaired) electrons. The third-order valence-electron chi connectivity index (χ3n) is 4.97. The molecule has 168 valence electrons. The van der Waals surface area contributed by atoms with Crippen LogP contribution in [0.15, 0.2) is 29.6 Å². The van der Waals surface area contributed by atoms with Crippen molar-refractivity contribution in [2.75, 3.05) is 26.2 Å². The number of rotatable bonds is 6. The topological polar surface area (TPSA) is 80.8 Å². The van der Waals surface area contributed by atoms with Gasteiger partial charge in [-0.3, -0.25) is 4.79 Å². The molecule has 0 atom stereocenters. The standard InChI is InChI=1S/C23H31N3O4S/c1-5-29-18-8-6-17(7-9-18)20-25-19(15-31-20)21(27)26-12-10-16(11-13-26)14-24-22(28)30-23(2,3)4/h6-9,15-16H,5,10-14H2,1-4H3,(H,24,28). The lowest BCUT2D eigenvalue weighted by atomic mass is 9.96. The second kappa shape index (κ2) is 10.1. The van der Waals surface area contributed by atoms with Gasteiger partial charge in [-0.2, -0.15) is 0 Å². The van der Waals surface area contributed by atoms with Crippen LogP contribution in [0.2, 0.25) is 0 Å². The predicted octanol–water partition coefficient (Wildman–Crippen LogP) is 4.59. The summed E-state index contributed by atoms with van der Waals surface area (Å²) in [6, 6.07) is 7.75. The van der Waals surface area contributed by atoms with Crippen LogP contribution in [0.1, 0.15) is 51.0 Å². The van der Waals surface area contributed by atoms with E-state index in [0.717, 1.165) is 29.2 Å². The first-order chi connectivity index (χ1) is 14.7. The van der Waals surface area contributed by atoms with Crippen LogP contribution in [0.5, 0.6) is 5.75 Å². The fourth-order valence-corrected chi connectivity index (χ4v) is 4.21.